The zero-order valence-corrected chi connectivity index (χ0v) is 28.5. The zero-order chi connectivity index (χ0) is 34.4. The number of aromatic hydroxyl groups is 6. The Kier molecular flexibility index (Phi) is 6.50. The number of phenolic OH excluding ortho intramolecular Hbond substituents is 6. The monoisotopic (exact) mass is 776 g/mol. The third-order valence-electron chi connectivity index (χ3n) is 9.82. The van der Waals surface area contributed by atoms with E-state index in [0.717, 1.165) is 12.1 Å². The normalized spacial score (nSPS) is 14.0. The van der Waals surface area contributed by atoms with E-state index in [4.69, 9.17) is 0 Å². The van der Waals surface area contributed by atoms with Crippen molar-refractivity contribution < 1.29 is 40.9 Å². The molecule has 12 heteroatoms. The zero-order valence-electron chi connectivity index (χ0n) is 25.3. The average molecular weight is 778 g/mol. The standard InChI is InChI=1S/C36H26Br2O10/c1-3-4-10(40)6-12-18-17-11(5-9(2)39)31(37)35(47)29-23(17)27-25-19(13(41)7-15(43)21(25)33(29)45)20-14(42)8-16(44)22-26(20)28(27)24(18)30(34(22)46)36(48)32(12)38/h7-10,39-40,43-48H,3-6H2,1-2H3/t9-,10+/m0/s1. The van der Waals surface area contributed by atoms with Gasteiger partial charge in [-0.25, -0.2) is 0 Å². The fourth-order valence-corrected chi connectivity index (χ4v) is 9.26. The Labute approximate surface area is 285 Å². The Bertz CT molecular complexity index is 2810. The number of hydrogen-bond acceptors (Lipinski definition) is 10. The molecule has 0 bridgehead atoms. The summed E-state index contributed by atoms with van der Waals surface area (Å²) < 4.78 is 0.252. The van der Waals surface area contributed by atoms with Crippen LogP contribution in [0.15, 0.2) is 30.7 Å². The van der Waals surface area contributed by atoms with E-state index in [-0.39, 0.29) is 86.4 Å². The molecule has 0 aliphatic heterocycles. The maximum absolute atomic E-state index is 13.8. The molecule has 8 rings (SSSR count). The topological polar surface area (TPSA) is 196 Å². The maximum atomic E-state index is 13.8. The Morgan fingerprint density at radius 3 is 1.31 bits per heavy atom. The summed E-state index contributed by atoms with van der Waals surface area (Å²) in [5.41, 5.74) is -0.730. The fraction of sp³-hybridized carbons (Fsp3) is 0.222. The van der Waals surface area contributed by atoms with E-state index >= 15 is 0 Å². The van der Waals surface area contributed by atoms with Crippen LogP contribution in [0.3, 0.4) is 0 Å². The number of aliphatic hydroxyl groups is 2. The van der Waals surface area contributed by atoms with Gasteiger partial charge < -0.3 is 40.9 Å². The summed E-state index contributed by atoms with van der Waals surface area (Å²) in [4.78, 5) is 27.5. The first-order valence-electron chi connectivity index (χ1n) is 15.3. The van der Waals surface area contributed by atoms with Crippen LogP contribution in [0.4, 0.5) is 0 Å². The summed E-state index contributed by atoms with van der Waals surface area (Å²) in [5, 5.41) is 92.2. The molecule has 244 valence electrons. The predicted molar refractivity (Wildman–Crippen MR) is 192 cm³/mol. The number of halogens is 2. The van der Waals surface area contributed by atoms with Gasteiger partial charge in [0.05, 0.1) is 42.7 Å². The van der Waals surface area contributed by atoms with Gasteiger partial charge in [-0.2, -0.15) is 0 Å². The van der Waals surface area contributed by atoms with Crippen molar-refractivity contribution in [2.75, 3.05) is 0 Å². The van der Waals surface area contributed by atoms with Gasteiger partial charge in [-0.1, -0.05) is 13.3 Å². The molecule has 8 aromatic rings. The molecule has 0 fully saturated rings. The molecule has 0 amide bonds. The van der Waals surface area contributed by atoms with Crippen LogP contribution in [-0.4, -0.2) is 53.1 Å². The Morgan fingerprint density at radius 2 is 0.917 bits per heavy atom. The highest BCUT2D eigenvalue weighted by atomic mass is 79.9. The second-order valence-corrected chi connectivity index (χ2v) is 14.3. The van der Waals surface area contributed by atoms with Crippen LogP contribution < -0.4 is 10.9 Å². The summed E-state index contributed by atoms with van der Waals surface area (Å²) in [6.07, 6.45) is -0.800. The van der Waals surface area contributed by atoms with Crippen LogP contribution >= 0.6 is 31.9 Å². The molecule has 0 radical (unpaired) electrons. The van der Waals surface area contributed by atoms with Crippen molar-refractivity contribution in [2.45, 2.75) is 51.7 Å². The van der Waals surface area contributed by atoms with Crippen molar-refractivity contribution >= 4 is 107 Å². The predicted octanol–water partition coefficient (Wildman–Crippen LogP) is 6.62. The van der Waals surface area contributed by atoms with E-state index in [1.165, 1.54) is 0 Å². The van der Waals surface area contributed by atoms with E-state index in [0.29, 0.717) is 34.7 Å². The highest BCUT2D eigenvalue weighted by Crippen LogP contribution is 2.62. The first-order chi connectivity index (χ1) is 22.7. The molecule has 8 N–H and O–H groups in total. The molecule has 8 aromatic carbocycles. The van der Waals surface area contributed by atoms with Gasteiger partial charge in [0, 0.05) is 61.6 Å². The van der Waals surface area contributed by atoms with Gasteiger partial charge in [-0.15, -0.1) is 0 Å². The maximum Gasteiger partial charge on any atom is 0.190 e. The molecule has 2 atom stereocenters. The lowest BCUT2D eigenvalue weighted by Gasteiger charge is -2.28. The Morgan fingerprint density at radius 1 is 0.542 bits per heavy atom. The van der Waals surface area contributed by atoms with E-state index in [9.17, 15) is 50.4 Å². The van der Waals surface area contributed by atoms with E-state index in [1.54, 1.807) is 6.92 Å². The fourth-order valence-electron chi connectivity index (χ4n) is 8.14. The molecule has 0 spiro atoms. The number of rotatable bonds is 6. The lowest BCUT2D eigenvalue weighted by atomic mass is 9.76. The number of hydrogen-bond donors (Lipinski definition) is 8. The van der Waals surface area contributed by atoms with Crippen molar-refractivity contribution in [3.8, 4) is 34.5 Å². The Balaban J connectivity index is 1.91. The highest BCUT2D eigenvalue weighted by molar-refractivity contribution is 9.11. The number of aliphatic hydroxyl groups excluding tert-OH is 2. The highest BCUT2D eigenvalue weighted by Gasteiger charge is 2.36. The van der Waals surface area contributed by atoms with Gasteiger partial charge in [0.1, 0.15) is 34.5 Å². The summed E-state index contributed by atoms with van der Waals surface area (Å²) in [5.74, 6) is -3.17. The van der Waals surface area contributed by atoms with Crippen LogP contribution in [0.5, 0.6) is 34.5 Å². The van der Waals surface area contributed by atoms with Crippen LogP contribution in [0.1, 0.15) is 37.8 Å². The minimum atomic E-state index is -0.948. The first kappa shape index (κ1) is 30.9. The average Bonchev–Trinajstić information content (AvgIpc) is 3.00. The molecular weight excluding hydrogens is 752 g/mol. The summed E-state index contributed by atoms with van der Waals surface area (Å²) >= 11 is 6.99. The Hall–Kier alpha value is -4.36. The third kappa shape index (κ3) is 3.58. The molecular formula is C36H26Br2O10. The van der Waals surface area contributed by atoms with E-state index in [2.05, 4.69) is 31.9 Å². The van der Waals surface area contributed by atoms with Gasteiger partial charge in [0.25, 0.3) is 0 Å². The van der Waals surface area contributed by atoms with Gasteiger partial charge >= 0.3 is 0 Å². The third-order valence-corrected chi connectivity index (χ3v) is 11.5. The van der Waals surface area contributed by atoms with Crippen LogP contribution in [0, 0.1) is 0 Å². The first-order valence-corrected chi connectivity index (χ1v) is 16.9. The molecule has 48 heavy (non-hydrogen) atoms. The lowest BCUT2D eigenvalue weighted by molar-refractivity contribution is 0.164. The van der Waals surface area contributed by atoms with Crippen LogP contribution in [0.2, 0.25) is 0 Å². The van der Waals surface area contributed by atoms with Gasteiger partial charge in [0.15, 0.2) is 10.9 Å². The molecule has 0 saturated carbocycles. The summed E-state index contributed by atoms with van der Waals surface area (Å²) in [6.45, 7) is 3.46. The van der Waals surface area contributed by atoms with Gasteiger partial charge in [-0.3, -0.25) is 9.59 Å². The minimum Gasteiger partial charge on any atom is -0.507 e. The lowest BCUT2D eigenvalue weighted by Crippen LogP contribution is -2.13. The smallest absolute Gasteiger partial charge is 0.190 e. The van der Waals surface area contributed by atoms with Gasteiger partial charge in [-0.05, 0) is 73.5 Å². The quantitative estimate of drug-likeness (QED) is 0.0672. The molecule has 0 aliphatic rings. The SMILES string of the molecule is CCC[C@@H](O)Cc1c(Br)c(O)c2c(O)c3c(O)cc(=O)c4c5c(=O)cc(O)c6c(O)c7c(O)c(Br)c(C[C@H](C)O)c8c1c2c(c34)c(c78)c65. The summed E-state index contributed by atoms with van der Waals surface area (Å²) in [7, 11) is 0. The van der Waals surface area contributed by atoms with E-state index in [1.807, 2.05) is 6.92 Å². The number of fused-ring (bicyclic) bond motifs is 2. The number of benzene rings is 8. The van der Waals surface area contributed by atoms with Crippen molar-refractivity contribution in [1.82, 2.24) is 0 Å². The van der Waals surface area contributed by atoms with Crippen LogP contribution in [-0.2, 0) is 12.8 Å². The number of phenols is 6. The van der Waals surface area contributed by atoms with Crippen molar-refractivity contribution in [3.05, 3.63) is 52.7 Å². The molecule has 0 unspecified atom stereocenters. The van der Waals surface area contributed by atoms with Gasteiger partial charge in [0.2, 0.25) is 0 Å². The molecule has 0 saturated heterocycles. The summed E-state index contributed by atoms with van der Waals surface area (Å²) in [6, 6.07) is 1.72. The largest absolute Gasteiger partial charge is 0.507 e. The van der Waals surface area contributed by atoms with Crippen molar-refractivity contribution in [3.63, 3.8) is 0 Å². The molecule has 0 heterocycles. The second kappa shape index (κ2) is 10.1. The second-order valence-electron chi connectivity index (χ2n) is 12.7. The van der Waals surface area contributed by atoms with Crippen molar-refractivity contribution in [1.29, 1.82) is 0 Å². The van der Waals surface area contributed by atoms with Crippen molar-refractivity contribution in [2.24, 2.45) is 0 Å². The molecule has 0 aromatic heterocycles. The molecule has 0 aliphatic carbocycles. The minimum absolute atomic E-state index is 0.00491. The van der Waals surface area contributed by atoms with E-state index < -0.39 is 57.6 Å². The van der Waals surface area contributed by atoms with Crippen LogP contribution in [0.25, 0.3) is 75.4 Å². The molecule has 10 nitrogen and oxygen atoms in total.